The van der Waals surface area contributed by atoms with E-state index in [0.717, 1.165) is 11.4 Å². The number of anilines is 3. The van der Waals surface area contributed by atoms with Gasteiger partial charge in [-0.15, -0.1) is 0 Å². The van der Waals surface area contributed by atoms with Crippen LogP contribution in [0.5, 0.6) is 23.1 Å². The predicted octanol–water partition coefficient (Wildman–Crippen LogP) is 3.61. The lowest BCUT2D eigenvalue weighted by atomic mass is 10.3. The van der Waals surface area contributed by atoms with E-state index >= 15 is 0 Å². The second-order valence-electron chi connectivity index (χ2n) is 5.05. The lowest BCUT2D eigenvalue weighted by Gasteiger charge is -2.13. The highest BCUT2D eigenvalue weighted by Gasteiger charge is 2.13. The summed E-state index contributed by atoms with van der Waals surface area (Å²) in [7, 11) is 3.19. The maximum atomic E-state index is 6.15. The minimum Gasteiger partial charge on any atom is -0.497 e. The molecule has 3 rings (SSSR count). The monoisotopic (exact) mass is 338 g/mol. The summed E-state index contributed by atoms with van der Waals surface area (Å²) >= 11 is 0. The summed E-state index contributed by atoms with van der Waals surface area (Å²) in [4.78, 5) is 8.28. The highest BCUT2D eigenvalue weighted by Crippen LogP contribution is 2.35. The zero-order chi connectivity index (χ0) is 17.6. The van der Waals surface area contributed by atoms with Crippen molar-refractivity contribution in [2.75, 3.05) is 25.3 Å². The van der Waals surface area contributed by atoms with Crippen molar-refractivity contribution in [1.82, 2.24) is 9.97 Å². The molecule has 1 aromatic heterocycles. The molecule has 3 aromatic rings. The maximum Gasteiger partial charge on any atom is 0.248 e. The Morgan fingerprint density at radius 1 is 0.880 bits per heavy atom. The fourth-order valence-electron chi connectivity index (χ4n) is 2.18. The van der Waals surface area contributed by atoms with Crippen LogP contribution in [-0.4, -0.2) is 24.2 Å². The number of hydrogen-bond acceptors (Lipinski definition) is 7. The minimum atomic E-state index is 0.246. The highest BCUT2D eigenvalue weighted by atomic mass is 16.5. The van der Waals surface area contributed by atoms with Gasteiger partial charge in [0.15, 0.2) is 17.3 Å². The Kier molecular flexibility index (Phi) is 4.84. The van der Waals surface area contributed by atoms with Crippen molar-refractivity contribution in [3.05, 3.63) is 54.9 Å². The van der Waals surface area contributed by atoms with Gasteiger partial charge in [-0.2, -0.15) is 4.98 Å². The van der Waals surface area contributed by atoms with Crippen molar-refractivity contribution in [3.8, 4) is 23.1 Å². The summed E-state index contributed by atoms with van der Waals surface area (Å²) < 4.78 is 16.2. The Morgan fingerprint density at radius 3 is 2.28 bits per heavy atom. The normalized spacial score (nSPS) is 10.2. The highest BCUT2D eigenvalue weighted by molar-refractivity contribution is 5.72. The number of nitrogens with two attached hydrogens (primary N) is 1. The van der Waals surface area contributed by atoms with E-state index in [0.29, 0.717) is 23.0 Å². The van der Waals surface area contributed by atoms with Gasteiger partial charge in [0.2, 0.25) is 5.88 Å². The summed E-state index contributed by atoms with van der Waals surface area (Å²) in [6, 6.07) is 14.7. The van der Waals surface area contributed by atoms with Crippen LogP contribution in [0.2, 0.25) is 0 Å². The topological polar surface area (TPSA) is 91.5 Å². The lowest BCUT2D eigenvalue weighted by molar-refractivity contribution is 0.374. The van der Waals surface area contributed by atoms with Gasteiger partial charge in [0.05, 0.1) is 14.2 Å². The first-order valence-corrected chi connectivity index (χ1v) is 7.53. The van der Waals surface area contributed by atoms with E-state index in [1.54, 1.807) is 26.4 Å². The SMILES string of the molecule is COc1ccc(Nc2ncnc(Oc3ccccc3OC)c2N)cc1. The van der Waals surface area contributed by atoms with Gasteiger partial charge in [-0.3, -0.25) is 0 Å². The van der Waals surface area contributed by atoms with Crippen molar-refractivity contribution >= 4 is 17.2 Å². The van der Waals surface area contributed by atoms with Gasteiger partial charge in [-0.05, 0) is 36.4 Å². The van der Waals surface area contributed by atoms with Crippen molar-refractivity contribution in [2.45, 2.75) is 0 Å². The van der Waals surface area contributed by atoms with Crippen molar-refractivity contribution in [3.63, 3.8) is 0 Å². The standard InChI is InChI=1S/C18H18N4O3/c1-23-13-9-7-12(8-10-13)22-17-16(19)18(21-11-20-17)25-15-6-4-3-5-14(15)24-2/h3-11H,19H2,1-2H3,(H,20,21,22). The van der Waals surface area contributed by atoms with Crippen LogP contribution in [0.4, 0.5) is 17.2 Å². The molecule has 25 heavy (non-hydrogen) atoms. The average Bonchev–Trinajstić information content (AvgIpc) is 2.66. The van der Waals surface area contributed by atoms with Gasteiger partial charge in [-0.25, -0.2) is 4.98 Å². The molecule has 0 amide bonds. The minimum absolute atomic E-state index is 0.246. The fourth-order valence-corrected chi connectivity index (χ4v) is 2.18. The van der Waals surface area contributed by atoms with Crippen molar-refractivity contribution < 1.29 is 14.2 Å². The van der Waals surface area contributed by atoms with Gasteiger partial charge >= 0.3 is 0 Å². The molecule has 0 fully saturated rings. The summed E-state index contributed by atoms with van der Waals surface area (Å²) in [5, 5.41) is 3.14. The molecular weight excluding hydrogens is 320 g/mol. The predicted molar refractivity (Wildman–Crippen MR) is 95.8 cm³/mol. The van der Waals surface area contributed by atoms with E-state index in [-0.39, 0.29) is 5.88 Å². The Bertz CT molecular complexity index is 853. The molecule has 7 heteroatoms. The average molecular weight is 338 g/mol. The number of ether oxygens (including phenoxy) is 3. The lowest BCUT2D eigenvalue weighted by Crippen LogP contribution is -2.03. The van der Waals surface area contributed by atoms with Crippen LogP contribution in [-0.2, 0) is 0 Å². The number of methoxy groups -OCH3 is 2. The molecule has 1 heterocycles. The molecular formula is C18H18N4O3. The maximum absolute atomic E-state index is 6.15. The molecule has 0 radical (unpaired) electrons. The quantitative estimate of drug-likeness (QED) is 0.709. The Balaban J connectivity index is 1.84. The molecule has 3 N–H and O–H groups in total. The number of nitrogens with zero attached hydrogens (tertiary/aromatic N) is 2. The molecule has 7 nitrogen and oxygen atoms in total. The number of nitrogen functional groups attached to an aromatic ring is 1. The molecule has 2 aromatic carbocycles. The molecule has 0 bridgehead atoms. The van der Waals surface area contributed by atoms with Gasteiger partial charge in [0.25, 0.3) is 0 Å². The first kappa shape index (κ1) is 16.4. The number of rotatable bonds is 6. The first-order valence-electron chi connectivity index (χ1n) is 7.53. The van der Waals surface area contributed by atoms with E-state index in [1.165, 1.54) is 6.33 Å². The van der Waals surface area contributed by atoms with Crippen LogP contribution < -0.4 is 25.3 Å². The second kappa shape index (κ2) is 7.39. The molecule has 0 unspecified atom stereocenters. The Labute approximate surface area is 145 Å². The molecule has 0 saturated heterocycles. The van der Waals surface area contributed by atoms with Crippen LogP contribution in [0.1, 0.15) is 0 Å². The number of para-hydroxylation sites is 2. The third-order valence-corrected chi connectivity index (χ3v) is 3.48. The van der Waals surface area contributed by atoms with Crippen LogP contribution >= 0.6 is 0 Å². The molecule has 0 aliphatic rings. The first-order chi connectivity index (χ1) is 12.2. The van der Waals surface area contributed by atoms with Crippen molar-refractivity contribution in [2.24, 2.45) is 0 Å². The van der Waals surface area contributed by atoms with Gasteiger partial charge in [0, 0.05) is 5.69 Å². The summed E-state index contributed by atoms with van der Waals surface area (Å²) in [6.45, 7) is 0. The molecule has 0 atom stereocenters. The summed E-state index contributed by atoms with van der Waals surface area (Å²) in [6.07, 6.45) is 1.38. The van der Waals surface area contributed by atoms with Crippen LogP contribution in [0, 0.1) is 0 Å². The smallest absolute Gasteiger partial charge is 0.248 e. The van der Waals surface area contributed by atoms with Crippen LogP contribution in [0.25, 0.3) is 0 Å². The molecule has 128 valence electrons. The second-order valence-corrected chi connectivity index (χ2v) is 5.05. The third kappa shape index (κ3) is 3.72. The summed E-state index contributed by atoms with van der Waals surface area (Å²) in [5.74, 6) is 2.57. The molecule has 0 saturated carbocycles. The Hall–Kier alpha value is -3.48. The zero-order valence-electron chi connectivity index (χ0n) is 13.9. The molecule has 0 aliphatic heterocycles. The largest absolute Gasteiger partial charge is 0.497 e. The van der Waals surface area contributed by atoms with E-state index in [2.05, 4.69) is 15.3 Å². The number of benzene rings is 2. The van der Waals surface area contributed by atoms with E-state index in [9.17, 15) is 0 Å². The summed E-state index contributed by atoms with van der Waals surface area (Å²) in [5.41, 5.74) is 7.26. The van der Waals surface area contributed by atoms with Crippen LogP contribution in [0.3, 0.4) is 0 Å². The molecule has 0 aliphatic carbocycles. The van der Waals surface area contributed by atoms with Gasteiger partial charge in [-0.1, -0.05) is 12.1 Å². The molecule has 0 spiro atoms. The van der Waals surface area contributed by atoms with Gasteiger partial charge < -0.3 is 25.3 Å². The van der Waals surface area contributed by atoms with E-state index in [4.69, 9.17) is 19.9 Å². The van der Waals surface area contributed by atoms with Gasteiger partial charge in [0.1, 0.15) is 17.8 Å². The van der Waals surface area contributed by atoms with Crippen molar-refractivity contribution in [1.29, 1.82) is 0 Å². The number of hydrogen-bond donors (Lipinski definition) is 2. The van der Waals surface area contributed by atoms with Crippen LogP contribution in [0.15, 0.2) is 54.9 Å². The Morgan fingerprint density at radius 2 is 1.60 bits per heavy atom. The number of aromatic nitrogens is 2. The zero-order valence-corrected chi connectivity index (χ0v) is 13.9. The third-order valence-electron chi connectivity index (χ3n) is 3.48. The number of nitrogens with one attached hydrogen (secondary N) is 1. The fraction of sp³-hybridized carbons (Fsp3) is 0.111. The van der Waals surface area contributed by atoms with E-state index in [1.807, 2.05) is 36.4 Å². The van der Waals surface area contributed by atoms with E-state index < -0.39 is 0 Å².